The molecule has 3 aromatic rings. The maximum absolute atomic E-state index is 14.4. The second-order valence-corrected chi connectivity index (χ2v) is 7.52. The predicted octanol–water partition coefficient (Wildman–Crippen LogP) is 4.40. The maximum atomic E-state index is 14.4. The second-order valence-electron chi connectivity index (χ2n) is 7.11. The molecule has 0 spiro atoms. The summed E-state index contributed by atoms with van der Waals surface area (Å²) in [5, 5.41) is 4.13. The van der Waals surface area contributed by atoms with E-state index in [2.05, 4.69) is 22.2 Å². The zero-order chi connectivity index (χ0) is 20.4. The molecule has 1 saturated heterocycles. The van der Waals surface area contributed by atoms with Crippen molar-refractivity contribution in [1.29, 1.82) is 0 Å². The van der Waals surface area contributed by atoms with Crippen LogP contribution in [0.15, 0.2) is 53.1 Å². The topological polar surface area (TPSA) is 49.6 Å². The van der Waals surface area contributed by atoms with Crippen LogP contribution in [0.4, 0.5) is 4.39 Å². The Morgan fingerprint density at radius 2 is 1.83 bits per heavy atom. The van der Waals surface area contributed by atoms with Crippen LogP contribution >= 0.6 is 11.6 Å². The Morgan fingerprint density at radius 1 is 1.10 bits per heavy atom. The number of hydrogen-bond donors (Lipinski definition) is 0. The Labute approximate surface area is 173 Å². The molecule has 0 atom stereocenters. The SMILES string of the molecule is Cc1onc(-c2c(F)cccc2Cl)c1C(=O)N1CCN(Cc2ccccc2)CC1. The molecule has 1 fully saturated rings. The van der Waals surface area contributed by atoms with Gasteiger partial charge >= 0.3 is 0 Å². The van der Waals surface area contributed by atoms with Gasteiger partial charge in [0.05, 0.1) is 10.6 Å². The van der Waals surface area contributed by atoms with Crippen molar-refractivity contribution in [2.75, 3.05) is 26.2 Å². The molecule has 1 aliphatic heterocycles. The number of carbonyl (C=O) groups is 1. The van der Waals surface area contributed by atoms with Gasteiger partial charge in [-0.05, 0) is 24.6 Å². The van der Waals surface area contributed by atoms with Crippen molar-refractivity contribution in [3.63, 3.8) is 0 Å². The van der Waals surface area contributed by atoms with Crippen molar-refractivity contribution in [3.8, 4) is 11.3 Å². The van der Waals surface area contributed by atoms with Gasteiger partial charge < -0.3 is 9.42 Å². The van der Waals surface area contributed by atoms with E-state index in [1.165, 1.54) is 17.7 Å². The molecular weight excluding hydrogens is 393 g/mol. The van der Waals surface area contributed by atoms with Crippen LogP contribution in [-0.2, 0) is 6.54 Å². The van der Waals surface area contributed by atoms with Crippen LogP contribution in [-0.4, -0.2) is 47.0 Å². The number of halogens is 2. The molecule has 29 heavy (non-hydrogen) atoms. The first-order chi connectivity index (χ1) is 14.0. The van der Waals surface area contributed by atoms with Gasteiger partial charge in [-0.3, -0.25) is 9.69 Å². The summed E-state index contributed by atoms with van der Waals surface area (Å²) in [6, 6.07) is 14.6. The Kier molecular flexibility index (Phi) is 5.65. The van der Waals surface area contributed by atoms with Crippen LogP contribution in [0.2, 0.25) is 5.02 Å². The lowest BCUT2D eigenvalue weighted by Crippen LogP contribution is -2.48. The number of piperazine rings is 1. The van der Waals surface area contributed by atoms with Crippen molar-refractivity contribution in [2.24, 2.45) is 0 Å². The quantitative estimate of drug-likeness (QED) is 0.636. The van der Waals surface area contributed by atoms with Crippen molar-refractivity contribution < 1.29 is 13.7 Å². The number of amides is 1. The zero-order valence-corrected chi connectivity index (χ0v) is 16.8. The molecule has 0 unspecified atom stereocenters. The van der Waals surface area contributed by atoms with Crippen LogP contribution in [0.1, 0.15) is 21.7 Å². The molecule has 0 N–H and O–H groups in total. The van der Waals surface area contributed by atoms with Gasteiger partial charge in [0.15, 0.2) is 0 Å². The lowest BCUT2D eigenvalue weighted by Gasteiger charge is -2.34. The van der Waals surface area contributed by atoms with Gasteiger partial charge in [-0.1, -0.05) is 53.2 Å². The van der Waals surface area contributed by atoms with E-state index in [0.29, 0.717) is 18.8 Å². The number of rotatable bonds is 4. The van der Waals surface area contributed by atoms with E-state index in [4.69, 9.17) is 16.1 Å². The van der Waals surface area contributed by atoms with Gasteiger partial charge in [0.25, 0.3) is 5.91 Å². The smallest absolute Gasteiger partial charge is 0.259 e. The van der Waals surface area contributed by atoms with Gasteiger partial charge in [0, 0.05) is 32.7 Å². The van der Waals surface area contributed by atoms with Crippen molar-refractivity contribution in [3.05, 3.63) is 76.3 Å². The summed E-state index contributed by atoms with van der Waals surface area (Å²) in [6.07, 6.45) is 0. The predicted molar refractivity (Wildman–Crippen MR) is 109 cm³/mol. The summed E-state index contributed by atoms with van der Waals surface area (Å²) < 4.78 is 19.6. The van der Waals surface area contributed by atoms with E-state index < -0.39 is 5.82 Å². The van der Waals surface area contributed by atoms with E-state index in [1.807, 2.05) is 18.2 Å². The van der Waals surface area contributed by atoms with E-state index in [1.54, 1.807) is 17.9 Å². The van der Waals surface area contributed by atoms with Crippen molar-refractivity contribution in [2.45, 2.75) is 13.5 Å². The van der Waals surface area contributed by atoms with Crippen LogP contribution in [0.3, 0.4) is 0 Å². The minimum absolute atomic E-state index is 0.0945. The van der Waals surface area contributed by atoms with Crippen LogP contribution in [0.25, 0.3) is 11.3 Å². The van der Waals surface area contributed by atoms with Crippen molar-refractivity contribution >= 4 is 17.5 Å². The minimum Gasteiger partial charge on any atom is -0.360 e. The van der Waals surface area contributed by atoms with Crippen LogP contribution in [0, 0.1) is 12.7 Å². The Bertz CT molecular complexity index is 994. The molecule has 1 amide bonds. The third-order valence-electron chi connectivity index (χ3n) is 5.18. The summed E-state index contributed by atoms with van der Waals surface area (Å²) in [5.74, 6) is -0.388. The third kappa shape index (κ3) is 4.04. The molecule has 0 bridgehead atoms. The molecule has 0 saturated carbocycles. The van der Waals surface area contributed by atoms with E-state index in [9.17, 15) is 9.18 Å². The Morgan fingerprint density at radius 3 is 2.52 bits per heavy atom. The molecular formula is C22H21ClFN3O2. The first-order valence-electron chi connectivity index (χ1n) is 9.51. The molecule has 0 aliphatic carbocycles. The highest BCUT2D eigenvalue weighted by atomic mass is 35.5. The molecule has 0 radical (unpaired) electrons. The van der Waals surface area contributed by atoms with Crippen molar-refractivity contribution in [1.82, 2.24) is 15.0 Å². The maximum Gasteiger partial charge on any atom is 0.259 e. The minimum atomic E-state index is -0.535. The lowest BCUT2D eigenvalue weighted by atomic mass is 10.0. The third-order valence-corrected chi connectivity index (χ3v) is 5.50. The number of benzene rings is 2. The first kappa shape index (κ1) is 19.6. The van der Waals surface area contributed by atoms with Gasteiger partial charge in [0.1, 0.15) is 22.8 Å². The summed E-state index contributed by atoms with van der Waals surface area (Å²) in [6.45, 7) is 5.21. The number of aromatic nitrogens is 1. The fourth-order valence-electron chi connectivity index (χ4n) is 3.63. The molecule has 5 nitrogen and oxygen atoms in total. The fraction of sp³-hybridized carbons (Fsp3) is 0.273. The molecule has 7 heteroatoms. The van der Waals surface area contributed by atoms with Gasteiger partial charge in [0.2, 0.25) is 0 Å². The average Bonchev–Trinajstić information content (AvgIpc) is 3.10. The summed E-state index contributed by atoms with van der Waals surface area (Å²) in [5.41, 5.74) is 1.77. The largest absolute Gasteiger partial charge is 0.360 e. The monoisotopic (exact) mass is 413 g/mol. The Hall–Kier alpha value is -2.70. The van der Waals surface area contributed by atoms with E-state index >= 15 is 0 Å². The van der Waals surface area contributed by atoms with Crippen LogP contribution < -0.4 is 0 Å². The number of carbonyl (C=O) groups excluding carboxylic acids is 1. The van der Waals surface area contributed by atoms with E-state index in [-0.39, 0.29) is 27.8 Å². The average molecular weight is 414 g/mol. The molecule has 2 aromatic carbocycles. The highest BCUT2D eigenvalue weighted by Crippen LogP contribution is 2.34. The molecule has 1 aromatic heterocycles. The van der Waals surface area contributed by atoms with Gasteiger partial charge in [-0.2, -0.15) is 0 Å². The standard InChI is InChI=1S/C22H21ClFN3O2/c1-15-19(21(25-29-15)20-17(23)8-5-9-18(20)24)22(28)27-12-10-26(11-13-27)14-16-6-3-2-4-7-16/h2-9H,10-14H2,1H3. The highest BCUT2D eigenvalue weighted by molar-refractivity contribution is 6.33. The number of hydrogen-bond acceptors (Lipinski definition) is 4. The molecule has 4 rings (SSSR count). The first-order valence-corrected chi connectivity index (χ1v) is 9.88. The second kappa shape index (κ2) is 8.35. The summed E-state index contributed by atoms with van der Waals surface area (Å²) >= 11 is 6.18. The molecule has 2 heterocycles. The number of aryl methyl sites for hydroxylation is 1. The van der Waals surface area contributed by atoms with Gasteiger partial charge in [-0.25, -0.2) is 4.39 Å². The summed E-state index contributed by atoms with van der Waals surface area (Å²) in [4.78, 5) is 17.3. The Balaban J connectivity index is 1.51. The lowest BCUT2D eigenvalue weighted by molar-refractivity contribution is 0.0627. The molecule has 1 aliphatic rings. The molecule has 150 valence electrons. The van der Waals surface area contributed by atoms with E-state index in [0.717, 1.165) is 19.6 Å². The summed E-state index contributed by atoms with van der Waals surface area (Å²) in [7, 11) is 0. The fourth-order valence-corrected chi connectivity index (χ4v) is 3.88. The normalized spacial score (nSPS) is 14.9. The van der Waals surface area contributed by atoms with Crippen LogP contribution in [0.5, 0.6) is 0 Å². The highest BCUT2D eigenvalue weighted by Gasteiger charge is 2.30. The van der Waals surface area contributed by atoms with Gasteiger partial charge in [-0.15, -0.1) is 0 Å². The zero-order valence-electron chi connectivity index (χ0n) is 16.1. The number of nitrogens with zero attached hydrogens (tertiary/aromatic N) is 3.